The van der Waals surface area contributed by atoms with E-state index < -0.39 is 24.3 Å². The number of anilines is 1. The number of para-hydroxylation sites is 1. The summed E-state index contributed by atoms with van der Waals surface area (Å²) in [6, 6.07) is 5.75. The number of rotatable bonds is 9. The molecule has 0 bridgehead atoms. The lowest BCUT2D eigenvalue weighted by molar-refractivity contribution is -0.147. The third-order valence-corrected chi connectivity index (χ3v) is 2.94. The molecule has 2 N–H and O–H groups in total. The van der Waals surface area contributed by atoms with Gasteiger partial charge in [0.2, 0.25) is 5.91 Å². The minimum Gasteiger partial charge on any atom is -0.456 e. The highest BCUT2D eigenvalue weighted by Crippen LogP contribution is 2.12. The van der Waals surface area contributed by atoms with Gasteiger partial charge in [-0.15, -0.1) is 0 Å². The summed E-state index contributed by atoms with van der Waals surface area (Å²) < 4.78 is 18.1. The fraction of sp³-hybridized carbons (Fsp3) is 0.438. The highest BCUT2D eigenvalue weighted by atomic mass is 19.1. The normalized spacial score (nSPS) is 10.0. The monoisotopic (exact) mass is 324 g/mol. The highest BCUT2D eigenvalue weighted by molar-refractivity contribution is 5.92. The largest absolute Gasteiger partial charge is 0.456 e. The predicted molar refractivity (Wildman–Crippen MR) is 83.1 cm³/mol. The number of carbonyl (C=O) groups excluding carboxylic acids is 3. The summed E-state index contributed by atoms with van der Waals surface area (Å²) in [7, 11) is 0. The van der Waals surface area contributed by atoms with Crippen LogP contribution in [-0.4, -0.2) is 30.9 Å². The Morgan fingerprint density at radius 2 is 1.87 bits per heavy atom. The Bertz CT molecular complexity index is 549. The quantitative estimate of drug-likeness (QED) is 0.537. The number of hydrogen-bond donors (Lipinski definition) is 2. The molecule has 0 unspecified atom stereocenters. The number of hydrogen-bond acceptors (Lipinski definition) is 4. The highest BCUT2D eigenvalue weighted by Gasteiger charge is 2.09. The number of unbranched alkanes of at least 4 members (excludes halogenated alkanes) is 2. The molecule has 0 aliphatic carbocycles. The van der Waals surface area contributed by atoms with Crippen LogP contribution in [0.4, 0.5) is 10.1 Å². The third-order valence-electron chi connectivity index (χ3n) is 2.94. The Morgan fingerprint density at radius 1 is 1.13 bits per heavy atom. The van der Waals surface area contributed by atoms with Crippen molar-refractivity contribution in [1.82, 2.24) is 5.32 Å². The molecule has 126 valence electrons. The molecule has 0 heterocycles. The maximum atomic E-state index is 13.3. The van der Waals surface area contributed by atoms with Gasteiger partial charge in [0.05, 0.1) is 5.69 Å². The minimum absolute atomic E-state index is 0.0477. The zero-order chi connectivity index (χ0) is 17.1. The van der Waals surface area contributed by atoms with Crippen molar-refractivity contribution in [2.24, 2.45) is 0 Å². The number of benzene rings is 1. The Hall–Kier alpha value is -2.44. The maximum Gasteiger partial charge on any atom is 0.306 e. The summed E-state index contributed by atoms with van der Waals surface area (Å²) in [6.45, 7) is 1.58. The van der Waals surface area contributed by atoms with E-state index >= 15 is 0 Å². The lowest BCUT2D eigenvalue weighted by atomic mass is 10.2. The second kappa shape index (κ2) is 10.3. The smallest absolute Gasteiger partial charge is 0.306 e. The summed E-state index contributed by atoms with van der Waals surface area (Å²) in [6.07, 6.45) is 2.37. The molecule has 0 saturated heterocycles. The molecular weight excluding hydrogens is 303 g/mol. The lowest BCUT2D eigenvalue weighted by Crippen LogP contribution is -2.21. The van der Waals surface area contributed by atoms with Crippen LogP contribution < -0.4 is 10.6 Å². The Balaban J connectivity index is 2.12. The van der Waals surface area contributed by atoms with Crippen LogP contribution in [0, 0.1) is 5.82 Å². The number of nitrogens with one attached hydrogen (secondary N) is 2. The van der Waals surface area contributed by atoms with Gasteiger partial charge in [0.15, 0.2) is 6.61 Å². The Morgan fingerprint density at radius 3 is 2.57 bits per heavy atom. The standard InChI is InChI=1S/C16H21FN2O4/c1-12(20)18-10-6-2-3-9-16(22)23-11-15(21)19-14-8-5-4-7-13(14)17/h4-5,7-8H,2-3,6,9-11H2,1H3,(H,18,20)(H,19,21). The summed E-state index contributed by atoms with van der Waals surface area (Å²) in [4.78, 5) is 33.7. The average Bonchev–Trinajstić information content (AvgIpc) is 2.50. The van der Waals surface area contributed by atoms with Crippen molar-refractivity contribution in [2.45, 2.75) is 32.6 Å². The molecule has 0 aromatic heterocycles. The molecule has 0 aliphatic rings. The van der Waals surface area contributed by atoms with Gasteiger partial charge in [0.25, 0.3) is 5.91 Å². The van der Waals surface area contributed by atoms with Gasteiger partial charge < -0.3 is 15.4 Å². The first-order valence-corrected chi connectivity index (χ1v) is 7.43. The zero-order valence-electron chi connectivity index (χ0n) is 13.1. The van der Waals surface area contributed by atoms with Crippen LogP contribution in [0.15, 0.2) is 24.3 Å². The van der Waals surface area contributed by atoms with Crippen molar-refractivity contribution in [3.63, 3.8) is 0 Å². The van der Waals surface area contributed by atoms with Gasteiger partial charge in [-0.1, -0.05) is 18.6 Å². The first-order valence-electron chi connectivity index (χ1n) is 7.43. The van der Waals surface area contributed by atoms with E-state index in [-0.39, 0.29) is 18.0 Å². The van der Waals surface area contributed by atoms with Crippen molar-refractivity contribution in [1.29, 1.82) is 0 Å². The second-order valence-electron chi connectivity index (χ2n) is 4.98. The predicted octanol–water partition coefficient (Wildman–Crippen LogP) is 2.00. The second-order valence-corrected chi connectivity index (χ2v) is 4.98. The van der Waals surface area contributed by atoms with Gasteiger partial charge in [0, 0.05) is 19.9 Å². The van der Waals surface area contributed by atoms with Crippen LogP contribution in [0.3, 0.4) is 0 Å². The number of halogens is 1. The van der Waals surface area contributed by atoms with Crippen LogP contribution in [0.5, 0.6) is 0 Å². The van der Waals surface area contributed by atoms with E-state index in [1.165, 1.54) is 25.1 Å². The van der Waals surface area contributed by atoms with E-state index in [1.807, 2.05) is 0 Å². The van der Waals surface area contributed by atoms with Crippen molar-refractivity contribution in [3.8, 4) is 0 Å². The molecule has 0 aliphatic heterocycles. The SMILES string of the molecule is CC(=O)NCCCCCC(=O)OCC(=O)Nc1ccccc1F. The van der Waals surface area contributed by atoms with Crippen LogP contribution in [0.25, 0.3) is 0 Å². The fourth-order valence-electron chi connectivity index (χ4n) is 1.80. The van der Waals surface area contributed by atoms with Gasteiger partial charge >= 0.3 is 5.97 Å². The van der Waals surface area contributed by atoms with E-state index in [2.05, 4.69) is 10.6 Å². The van der Waals surface area contributed by atoms with Gasteiger partial charge in [-0.3, -0.25) is 14.4 Å². The van der Waals surface area contributed by atoms with E-state index in [4.69, 9.17) is 4.74 Å². The molecule has 0 radical (unpaired) electrons. The first-order chi connectivity index (χ1) is 11.0. The Kier molecular flexibility index (Phi) is 8.34. The number of amides is 2. The van der Waals surface area contributed by atoms with Crippen LogP contribution >= 0.6 is 0 Å². The van der Waals surface area contributed by atoms with Gasteiger partial charge in [-0.25, -0.2) is 4.39 Å². The molecule has 6 nitrogen and oxygen atoms in total. The van der Waals surface area contributed by atoms with Gasteiger partial charge in [-0.05, 0) is 25.0 Å². The molecule has 2 amide bonds. The van der Waals surface area contributed by atoms with E-state index in [1.54, 1.807) is 6.07 Å². The fourth-order valence-corrected chi connectivity index (χ4v) is 1.80. The summed E-state index contributed by atoms with van der Waals surface area (Å²) in [5.74, 6) is -1.70. The molecule has 1 aromatic carbocycles. The molecule has 0 saturated carbocycles. The average molecular weight is 324 g/mol. The topological polar surface area (TPSA) is 84.5 Å². The van der Waals surface area contributed by atoms with Gasteiger partial charge in [0.1, 0.15) is 5.82 Å². The lowest BCUT2D eigenvalue weighted by Gasteiger charge is -2.07. The molecule has 0 fully saturated rings. The summed E-state index contributed by atoms with van der Waals surface area (Å²) >= 11 is 0. The molecule has 0 spiro atoms. The summed E-state index contributed by atoms with van der Waals surface area (Å²) in [5.41, 5.74) is 0.0477. The number of ether oxygens (including phenoxy) is 1. The maximum absolute atomic E-state index is 13.3. The van der Waals surface area contributed by atoms with Crippen molar-refractivity contribution in [2.75, 3.05) is 18.5 Å². The molecular formula is C16H21FN2O4. The molecule has 1 aromatic rings. The van der Waals surface area contributed by atoms with Crippen molar-refractivity contribution < 1.29 is 23.5 Å². The molecule has 0 atom stereocenters. The molecule has 7 heteroatoms. The third kappa shape index (κ3) is 8.55. The first kappa shape index (κ1) is 18.6. The molecule has 1 rings (SSSR count). The van der Waals surface area contributed by atoms with E-state index in [0.717, 1.165) is 12.8 Å². The minimum atomic E-state index is -0.589. The number of carbonyl (C=O) groups is 3. The molecule has 23 heavy (non-hydrogen) atoms. The van der Waals surface area contributed by atoms with E-state index in [9.17, 15) is 18.8 Å². The van der Waals surface area contributed by atoms with Crippen LogP contribution in [-0.2, 0) is 19.1 Å². The van der Waals surface area contributed by atoms with Crippen molar-refractivity contribution >= 4 is 23.5 Å². The van der Waals surface area contributed by atoms with Crippen LogP contribution in [0.1, 0.15) is 32.6 Å². The zero-order valence-corrected chi connectivity index (χ0v) is 13.1. The van der Waals surface area contributed by atoms with E-state index in [0.29, 0.717) is 13.0 Å². The number of esters is 1. The van der Waals surface area contributed by atoms with Crippen LogP contribution in [0.2, 0.25) is 0 Å². The van der Waals surface area contributed by atoms with Gasteiger partial charge in [-0.2, -0.15) is 0 Å². The summed E-state index contributed by atoms with van der Waals surface area (Å²) in [5, 5.41) is 4.99. The van der Waals surface area contributed by atoms with Crippen molar-refractivity contribution in [3.05, 3.63) is 30.1 Å². The Labute approximate surface area is 134 Å².